The Morgan fingerprint density at radius 1 is 1.08 bits per heavy atom. The molecule has 4 heterocycles. The summed E-state index contributed by atoms with van der Waals surface area (Å²) in [6, 6.07) is 13.3. The average molecular weight is 499 g/mol. The van der Waals surface area contributed by atoms with Crippen molar-refractivity contribution in [1.82, 2.24) is 30.2 Å². The largest absolute Gasteiger partial charge is 0.335 e. The maximum absolute atomic E-state index is 13.8. The monoisotopic (exact) mass is 498 g/mol. The number of nitrogens with zero attached hydrogens (tertiary/aromatic N) is 4. The number of ketones is 1. The van der Waals surface area contributed by atoms with Crippen molar-refractivity contribution in [1.29, 1.82) is 0 Å². The van der Waals surface area contributed by atoms with E-state index < -0.39 is 6.04 Å². The number of hydrogen-bond donors (Lipinski definition) is 2. The van der Waals surface area contributed by atoms with Crippen LogP contribution in [0.25, 0.3) is 10.9 Å². The minimum absolute atomic E-state index is 0.0224. The van der Waals surface area contributed by atoms with E-state index in [9.17, 15) is 14.0 Å². The Morgan fingerprint density at radius 2 is 1.86 bits per heavy atom. The van der Waals surface area contributed by atoms with Crippen LogP contribution < -0.4 is 5.32 Å². The number of piperazine rings is 1. The van der Waals surface area contributed by atoms with Gasteiger partial charge in [-0.2, -0.15) is 10.2 Å². The maximum atomic E-state index is 13.8. The van der Waals surface area contributed by atoms with Gasteiger partial charge in [-0.3, -0.25) is 19.4 Å². The molecule has 9 heteroatoms. The number of Topliss-reactive ketones (excluding diaryl/α,β-unsaturated/α-hetero) is 1. The topological polar surface area (TPSA) is 95.9 Å². The van der Waals surface area contributed by atoms with Crippen LogP contribution in [0.3, 0.4) is 0 Å². The zero-order valence-electron chi connectivity index (χ0n) is 20.5. The number of fused-ring (bicyclic) bond motifs is 2. The normalized spacial score (nSPS) is 17.8. The number of halogens is 1. The maximum Gasteiger partial charge on any atom is 0.274 e. The van der Waals surface area contributed by atoms with Crippen molar-refractivity contribution in [2.45, 2.75) is 25.8 Å². The highest BCUT2D eigenvalue weighted by molar-refractivity contribution is 6.00. The summed E-state index contributed by atoms with van der Waals surface area (Å²) in [6.45, 7) is 4.72. The highest BCUT2D eigenvalue weighted by Gasteiger charge is 2.34. The number of benzene rings is 2. The number of carbonyl (C=O) groups excluding carboxylic acids is 2. The third-order valence-electron chi connectivity index (χ3n) is 7.22. The third kappa shape index (κ3) is 4.35. The van der Waals surface area contributed by atoms with Gasteiger partial charge in [-0.25, -0.2) is 4.39 Å². The van der Waals surface area contributed by atoms with Crippen LogP contribution in [-0.4, -0.2) is 62.7 Å². The number of nitrogens with one attached hydrogen (secondary N) is 2. The summed E-state index contributed by atoms with van der Waals surface area (Å²) in [4.78, 5) is 28.8. The van der Waals surface area contributed by atoms with E-state index in [2.05, 4.69) is 15.5 Å². The van der Waals surface area contributed by atoms with Gasteiger partial charge in [0.05, 0.1) is 11.7 Å². The minimum atomic E-state index is -0.543. The zero-order chi connectivity index (χ0) is 25.5. The molecule has 1 fully saturated rings. The first kappa shape index (κ1) is 23.3. The molecule has 2 aliphatic rings. The summed E-state index contributed by atoms with van der Waals surface area (Å²) in [5.41, 5.74) is 5.35. The molecule has 0 aliphatic carbocycles. The van der Waals surface area contributed by atoms with Gasteiger partial charge in [-0.15, -0.1) is 0 Å². The van der Waals surface area contributed by atoms with Crippen molar-refractivity contribution in [3.05, 3.63) is 94.2 Å². The second-order valence-electron chi connectivity index (χ2n) is 9.72. The minimum Gasteiger partial charge on any atom is -0.335 e. The van der Waals surface area contributed by atoms with Crippen molar-refractivity contribution >= 4 is 22.6 Å². The second kappa shape index (κ2) is 9.40. The fourth-order valence-electron chi connectivity index (χ4n) is 5.37. The number of rotatable bonds is 5. The second-order valence-corrected chi connectivity index (χ2v) is 9.72. The summed E-state index contributed by atoms with van der Waals surface area (Å²) < 4.78 is 15.6. The molecule has 8 nitrogen and oxygen atoms in total. The molecular weight excluding hydrogens is 471 g/mol. The van der Waals surface area contributed by atoms with Crippen LogP contribution in [0.2, 0.25) is 0 Å². The summed E-state index contributed by atoms with van der Waals surface area (Å²) in [7, 11) is 0. The van der Waals surface area contributed by atoms with Crippen LogP contribution in [0.15, 0.2) is 65.9 Å². The fraction of sp³-hybridized carbons (Fsp3) is 0.286. The molecule has 0 bridgehead atoms. The number of aromatic amines is 1. The van der Waals surface area contributed by atoms with Gasteiger partial charge in [0.15, 0.2) is 11.5 Å². The van der Waals surface area contributed by atoms with Crippen LogP contribution in [0, 0.1) is 5.82 Å². The average Bonchev–Trinajstić information content (AvgIpc) is 3.55. The van der Waals surface area contributed by atoms with E-state index in [1.54, 1.807) is 27.9 Å². The van der Waals surface area contributed by atoms with E-state index in [1.807, 2.05) is 31.2 Å². The smallest absolute Gasteiger partial charge is 0.274 e. The Bertz CT molecular complexity index is 1530. The Morgan fingerprint density at radius 3 is 2.65 bits per heavy atom. The molecule has 2 aliphatic heterocycles. The lowest BCUT2D eigenvalue weighted by molar-refractivity contribution is -0.115. The molecule has 0 spiro atoms. The first-order valence-electron chi connectivity index (χ1n) is 12.5. The van der Waals surface area contributed by atoms with E-state index in [0.717, 1.165) is 46.4 Å². The van der Waals surface area contributed by atoms with Crippen molar-refractivity contribution < 1.29 is 14.0 Å². The highest BCUT2D eigenvalue weighted by atomic mass is 19.1. The Balaban J connectivity index is 1.37. The molecule has 2 aromatic carbocycles. The van der Waals surface area contributed by atoms with E-state index in [0.29, 0.717) is 30.8 Å². The van der Waals surface area contributed by atoms with Crippen LogP contribution in [-0.2, 0) is 17.6 Å². The fourth-order valence-corrected chi connectivity index (χ4v) is 5.37. The summed E-state index contributed by atoms with van der Waals surface area (Å²) in [6.07, 6.45) is 2.47. The number of amides is 1. The number of hydrogen-bond acceptors (Lipinski definition) is 5. The summed E-state index contributed by atoms with van der Waals surface area (Å²) in [5.74, 6) is -0.484. The molecule has 188 valence electrons. The molecule has 1 amide bonds. The number of allylic oxidation sites excluding steroid dienone is 2. The Hall–Kier alpha value is -4.11. The quantitative estimate of drug-likeness (QED) is 0.441. The first-order valence-corrected chi connectivity index (χ1v) is 12.5. The van der Waals surface area contributed by atoms with Gasteiger partial charge in [-0.1, -0.05) is 23.8 Å². The van der Waals surface area contributed by atoms with E-state index in [4.69, 9.17) is 5.10 Å². The highest BCUT2D eigenvalue weighted by Crippen LogP contribution is 2.37. The van der Waals surface area contributed by atoms with Crippen molar-refractivity contribution in [3.63, 3.8) is 0 Å². The SMILES string of the molecule is CC1=C(C(=O)Cc2ccc3[nH]ncc3c2)C(c2ccc(F)cc2)n2nc(C(=O)N3CCNCC3)cc2C1. The molecule has 37 heavy (non-hydrogen) atoms. The molecule has 4 aromatic rings. The van der Waals surface area contributed by atoms with Crippen molar-refractivity contribution in [2.75, 3.05) is 26.2 Å². The number of carbonyl (C=O) groups is 2. The molecule has 0 saturated carbocycles. The molecule has 1 atom stereocenters. The third-order valence-corrected chi connectivity index (χ3v) is 7.22. The van der Waals surface area contributed by atoms with Crippen molar-refractivity contribution in [3.8, 4) is 0 Å². The predicted octanol–water partition coefficient (Wildman–Crippen LogP) is 3.22. The molecule has 2 N–H and O–H groups in total. The van der Waals surface area contributed by atoms with Crippen LogP contribution in [0.5, 0.6) is 0 Å². The van der Waals surface area contributed by atoms with Gasteiger partial charge >= 0.3 is 0 Å². The molecule has 2 aromatic heterocycles. The zero-order valence-corrected chi connectivity index (χ0v) is 20.5. The van der Waals surface area contributed by atoms with E-state index in [1.165, 1.54) is 12.1 Å². The lowest BCUT2D eigenvalue weighted by atomic mass is 9.85. The van der Waals surface area contributed by atoms with Crippen LogP contribution in [0.4, 0.5) is 4.39 Å². The molecule has 1 saturated heterocycles. The van der Waals surface area contributed by atoms with Crippen molar-refractivity contribution in [2.24, 2.45) is 0 Å². The first-order chi connectivity index (χ1) is 18.0. The molecule has 0 radical (unpaired) electrons. The lowest BCUT2D eigenvalue weighted by Gasteiger charge is -2.29. The standard InChI is InChI=1S/C28H27FN6O2/c1-17-12-22-15-24(28(37)34-10-8-30-9-11-34)33-35(22)27(19-3-5-21(29)6-4-19)26(17)25(36)14-18-2-7-23-20(13-18)16-31-32-23/h2-7,13,15-16,27,30H,8-12,14H2,1H3,(H,31,32). The number of H-pyrrole nitrogens is 1. The summed E-state index contributed by atoms with van der Waals surface area (Å²) in [5, 5.41) is 15.9. The van der Waals surface area contributed by atoms with Gasteiger partial charge < -0.3 is 10.2 Å². The van der Waals surface area contributed by atoms with Crippen LogP contribution in [0.1, 0.15) is 40.3 Å². The molecular formula is C28H27FN6O2. The van der Waals surface area contributed by atoms with Crippen LogP contribution >= 0.6 is 0 Å². The van der Waals surface area contributed by atoms with Gasteiger partial charge in [0, 0.05) is 55.7 Å². The lowest BCUT2D eigenvalue weighted by Crippen LogP contribution is -2.46. The number of aromatic nitrogens is 4. The van der Waals surface area contributed by atoms with Gasteiger partial charge in [-0.05, 0) is 48.4 Å². The molecule has 6 rings (SSSR count). The Labute approximate surface area is 213 Å². The van der Waals surface area contributed by atoms with Gasteiger partial charge in [0.25, 0.3) is 5.91 Å². The Kier molecular flexibility index (Phi) is 5.92. The summed E-state index contributed by atoms with van der Waals surface area (Å²) >= 11 is 0. The van der Waals surface area contributed by atoms with Gasteiger partial charge in [0.2, 0.25) is 0 Å². The van der Waals surface area contributed by atoms with E-state index in [-0.39, 0.29) is 23.9 Å². The molecule has 1 unspecified atom stereocenters. The predicted molar refractivity (Wildman–Crippen MR) is 137 cm³/mol. The van der Waals surface area contributed by atoms with Gasteiger partial charge in [0.1, 0.15) is 11.9 Å². The van der Waals surface area contributed by atoms with E-state index >= 15 is 0 Å².